The average molecular weight is 475 g/mol. The summed E-state index contributed by atoms with van der Waals surface area (Å²) in [5.41, 5.74) is 2.32. The maximum absolute atomic E-state index is 12.1. The van der Waals surface area contributed by atoms with Crippen LogP contribution >= 0.6 is 15.9 Å². The van der Waals surface area contributed by atoms with Gasteiger partial charge in [-0.2, -0.15) is 0 Å². The van der Waals surface area contributed by atoms with E-state index < -0.39 is 11.7 Å². The van der Waals surface area contributed by atoms with Crippen LogP contribution in [0.1, 0.15) is 18.1 Å². The molecule has 1 N–H and O–H groups in total. The highest BCUT2D eigenvalue weighted by Crippen LogP contribution is 2.26. The Labute approximate surface area is 182 Å². The van der Waals surface area contributed by atoms with Crippen LogP contribution in [0.15, 0.2) is 56.1 Å². The third-order valence-electron chi connectivity index (χ3n) is 4.47. The predicted molar refractivity (Wildman–Crippen MR) is 119 cm³/mol. The van der Waals surface area contributed by atoms with Gasteiger partial charge in [0.2, 0.25) is 0 Å². The van der Waals surface area contributed by atoms with Crippen LogP contribution in [0.25, 0.3) is 11.0 Å². The zero-order valence-electron chi connectivity index (χ0n) is 17.0. The van der Waals surface area contributed by atoms with Crippen molar-refractivity contribution >= 4 is 38.7 Å². The summed E-state index contributed by atoms with van der Waals surface area (Å²) in [4.78, 5) is 25.8. The van der Waals surface area contributed by atoms with E-state index in [0.29, 0.717) is 24.4 Å². The predicted octanol–water partition coefficient (Wildman–Crippen LogP) is 4.76. The normalized spacial score (nSPS) is 11.0. The summed E-state index contributed by atoms with van der Waals surface area (Å²) in [5.74, 6) is 0.803. The van der Waals surface area contributed by atoms with E-state index in [1.165, 1.54) is 6.07 Å². The third kappa shape index (κ3) is 5.40. The molecule has 0 aliphatic heterocycles. The summed E-state index contributed by atoms with van der Waals surface area (Å²) in [5, 5.41) is 3.42. The molecule has 3 aromatic rings. The van der Waals surface area contributed by atoms with Gasteiger partial charge in [0.1, 0.15) is 11.3 Å². The zero-order chi connectivity index (χ0) is 21.7. The molecule has 0 bridgehead atoms. The standard InChI is InChI=1S/C22H23BrN2O5/c1-4-29-22(27)24-17-6-7-18-14(10-21(26)30-20(18)11-17)12-25(2)13-15-9-16(23)5-8-19(15)28-3/h5-11H,4,12-13H2,1-3H3,(H,24,27). The van der Waals surface area contributed by atoms with Crippen molar-refractivity contribution in [3.8, 4) is 5.75 Å². The van der Waals surface area contributed by atoms with Crippen LogP contribution in [0.4, 0.5) is 10.5 Å². The second-order valence-electron chi connectivity index (χ2n) is 6.78. The van der Waals surface area contributed by atoms with Crippen molar-refractivity contribution in [1.29, 1.82) is 0 Å². The first kappa shape index (κ1) is 21.9. The van der Waals surface area contributed by atoms with E-state index in [2.05, 4.69) is 26.1 Å². The third-order valence-corrected chi connectivity index (χ3v) is 4.97. The van der Waals surface area contributed by atoms with Gasteiger partial charge >= 0.3 is 11.7 Å². The molecule has 1 aromatic heterocycles. The molecule has 1 heterocycles. The van der Waals surface area contributed by atoms with Gasteiger partial charge in [0.15, 0.2) is 0 Å². The Kier molecular flexibility index (Phi) is 7.12. The Bertz CT molecular complexity index is 1110. The molecule has 0 saturated carbocycles. The molecule has 0 radical (unpaired) electrons. The fraction of sp³-hybridized carbons (Fsp3) is 0.273. The van der Waals surface area contributed by atoms with Gasteiger partial charge in [0, 0.05) is 46.3 Å². The van der Waals surface area contributed by atoms with E-state index >= 15 is 0 Å². The number of halogens is 1. The quantitative estimate of drug-likeness (QED) is 0.497. The summed E-state index contributed by atoms with van der Waals surface area (Å²) in [6, 6.07) is 12.5. The lowest BCUT2D eigenvalue weighted by atomic mass is 10.1. The second-order valence-corrected chi connectivity index (χ2v) is 7.69. The van der Waals surface area contributed by atoms with E-state index in [-0.39, 0.29) is 6.61 Å². The molecule has 0 spiro atoms. The molecule has 1 amide bonds. The minimum Gasteiger partial charge on any atom is -0.496 e. The summed E-state index contributed by atoms with van der Waals surface area (Å²) in [6.07, 6.45) is -0.557. The number of fused-ring (bicyclic) bond motifs is 1. The van der Waals surface area contributed by atoms with Gasteiger partial charge in [-0.3, -0.25) is 10.2 Å². The van der Waals surface area contributed by atoms with Crippen LogP contribution in [0.2, 0.25) is 0 Å². The minimum absolute atomic E-state index is 0.272. The SMILES string of the molecule is CCOC(=O)Nc1ccc2c(CN(C)Cc3cc(Br)ccc3OC)cc(=O)oc2c1. The van der Waals surface area contributed by atoms with Crippen LogP contribution in [-0.4, -0.2) is 31.8 Å². The van der Waals surface area contributed by atoms with E-state index in [0.717, 1.165) is 26.7 Å². The number of rotatable bonds is 7. The molecule has 158 valence electrons. The van der Waals surface area contributed by atoms with Gasteiger partial charge in [-0.05, 0) is 49.9 Å². The first-order valence-corrected chi connectivity index (χ1v) is 10.2. The van der Waals surface area contributed by atoms with Gasteiger partial charge in [-0.25, -0.2) is 9.59 Å². The van der Waals surface area contributed by atoms with Crippen molar-refractivity contribution < 1.29 is 18.7 Å². The molecule has 0 atom stereocenters. The lowest BCUT2D eigenvalue weighted by Gasteiger charge is -2.19. The minimum atomic E-state index is -0.557. The van der Waals surface area contributed by atoms with Crippen molar-refractivity contribution in [3.63, 3.8) is 0 Å². The Hall–Kier alpha value is -2.84. The Morgan fingerprint density at radius 2 is 1.90 bits per heavy atom. The fourth-order valence-electron chi connectivity index (χ4n) is 3.23. The highest BCUT2D eigenvalue weighted by atomic mass is 79.9. The number of amides is 1. The van der Waals surface area contributed by atoms with Gasteiger partial charge in [0.05, 0.1) is 13.7 Å². The van der Waals surface area contributed by atoms with Gasteiger partial charge in [-0.15, -0.1) is 0 Å². The maximum atomic E-state index is 12.1. The molecule has 0 aliphatic rings. The molecule has 0 fully saturated rings. The largest absolute Gasteiger partial charge is 0.496 e. The lowest BCUT2D eigenvalue weighted by Crippen LogP contribution is -2.19. The molecular formula is C22H23BrN2O5. The molecular weight excluding hydrogens is 452 g/mol. The van der Waals surface area contributed by atoms with Crippen LogP contribution in [-0.2, 0) is 17.8 Å². The molecule has 7 nitrogen and oxygen atoms in total. The Balaban J connectivity index is 1.84. The van der Waals surface area contributed by atoms with Crippen molar-refractivity contribution in [2.24, 2.45) is 0 Å². The number of benzene rings is 2. The van der Waals surface area contributed by atoms with Crippen molar-refractivity contribution in [1.82, 2.24) is 4.90 Å². The van der Waals surface area contributed by atoms with E-state index in [4.69, 9.17) is 13.9 Å². The molecule has 3 rings (SSSR count). The van der Waals surface area contributed by atoms with Crippen molar-refractivity contribution in [2.45, 2.75) is 20.0 Å². The molecule has 8 heteroatoms. The number of methoxy groups -OCH3 is 1. The van der Waals surface area contributed by atoms with Crippen LogP contribution in [0, 0.1) is 0 Å². The summed E-state index contributed by atoms with van der Waals surface area (Å²) < 4.78 is 16.6. The number of nitrogens with one attached hydrogen (secondary N) is 1. The van der Waals surface area contributed by atoms with Crippen LogP contribution in [0.3, 0.4) is 0 Å². The molecule has 0 aliphatic carbocycles. The first-order chi connectivity index (χ1) is 14.4. The van der Waals surface area contributed by atoms with Crippen LogP contribution < -0.4 is 15.7 Å². The molecule has 30 heavy (non-hydrogen) atoms. The number of hydrogen-bond donors (Lipinski definition) is 1. The highest BCUT2D eigenvalue weighted by Gasteiger charge is 2.12. The monoisotopic (exact) mass is 474 g/mol. The van der Waals surface area contributed by atoms with E-state index in [9.17, 15) is 9.59 Å². The number of carbonyl (C=O) groups excluding carboxylic acids is 1. The zero-order valence-corrected chi connectivity index (χ0v) is 18.6. The number of nitrogens with zero attached hydrogens (tertiary/aromatic N) is 1. The van der Waals surface area contributed by atoms with Crippen molar-refractivity contribution in [2.75, 3.05) is 26.1 Å². The van der Waals surface area contributed by atoms with Crippen molar-refractivity contribution in [3.05, 3.63) is 68.5 Å². The van der Waals surface area contributed by atoms with Gasteiger partial charge in [-0.1, -0.05) is 15.9 Å². The van der Waals surface area contributed by atoms with Gasteiger partial charge < -0.3 is 13.9 Å². The van der Waals surface area contributed by atoms with E-state index in [1.54, 1.807) is 26.2 Å². The number of hydrogen-bond acceptors (Lipinski definition) is 6. The fourth-order valence-corrected chi connectivity index (χ4v) is 3.64. The maximum Gasteiger partial charge on any atom is 0.411 e. The highest BCUT2D eigenvalue weighted by molar-refractivity contribution is 9.10. The summed E-state index contributed by atoms with van der Waals surface area (Å²) in [6.45, 7) is 3.16. The van der Waals surface area contributed by atoms with Gasteiger partial charge in [0.25, 0.3) is 0 Å². The lowest BCUT2D eigenvalue weighted by molar-refractivity contribution is 0.168. The number of carbonyl (C=O) groups is 1. The summed E-state index contributed by atoms with van der Waals surface area (Å²) >= 11 is 3.49. The Morgan fingerprint density at radius 1 is 1.13 bits per heavy atom. The number of ether oxygens (including phenoxy) is 2. The smallest absolute Gasteiger partial charge is 0.411 e. The molecule has 2 aromatic carbocycles. The summed E-state index contributed by atoms with van der Waals surface area (Å²) in [7, 11) is 3.61. The topological polar surface area (TPSA) is 81.0 Å². The first-order valence-electron chi connectivity index (χ1n) is 9.41. The van der Waals surface area contributed by atoms with E-state index in [1.807, 2.05) is 31.3 Å². The average Bonchev–Trinajstić information content (AvgIpc) is 2.68. The second kappa shape index (κ2) is 9.77. The molecule has 0 saturated heterocycles. The van der Waals surface area contributed by atoms with Crippen LogP contribution in [0.5, 0.6) is 5.75 Å². The Morgan fingerprint density at radius 3 is 2.63 bits per heavy atom. The molecule has 0 unspecified atom stereocenters. The number of anilines is 1.